The summed E-state index contributed by atoms with van der Waals surface area (Å²) >= 11 is 0.847. The molecule has 0 saturated carbocycles. The molecule has 1 rings (SSSR count). The van der Waals surface area contributed by atoms with Crippen LogP contribution in [-0.2, 0) is 48.7 Å². The molecule has 20 heavy (non-hydrogen) atoms. The van der Waals surface area contributed by atoms with Crippen molar-refractivity contribution in [3.8, 4) is 5.75 Å². The Bertz CT molecular complexity index is 429. The zero-order chi connectivity index (χ0) is 15.3. The SMILES string of the molecule is CC(=O)O[CH-]c1cccc(OC(C)=O)c1.[C-]#N.[Cl][Zn+].[Cu+]. The van der Waals surface area contributed by atoms with E-state index in [2.05, 4.69) is 4.74 Å². The topological polar surface area (TPSA) is 76.4 Å². The van der Waals surface area contributed by atoms with E-state index in [1.54, 1.807) is 24.3 Å². The molecule has 108 valence electrons. The van der Waals surface area contributed by atoms with Crippen LogP contribution in [0.5, 0.6) is 5.75 Å². The van der Waals surface area contributed by atoms with Gasteiger partial charge < -0.3 is 21.3 Å². The van der Waals surface area contributed by atoms with Crippen molar-refractivity contribution < 1.29 is 53.4 Å². The zero-order valence-corrected chi connectivity index (χ0v) is 15.5. The van der Waals surface area contributed by atoms with E-state index in [1.807, 2.05) is 0 Å². The summed E-state index contributed by atoms with van der Waals surface area (Å²) in [5, 5.41) is 6.25. The minimum absolute atomic E-state index is 0. The smallest absolute Gasteiger partial charge is 1.00 e. The normalized spacial score (nSPS) is 7.35. The van der Waals surface area contributed by atoms with Crippen LogP contribution in [0.2, 0.25) is 0 Å². The van der Waals surface area contributed by atoms with Gasteiger partial charge in [-0.1, -0.05) is 0 Å². The van der Waals surface area contributed by atoms with E-state index >= 15 is 0 Å². The molecule has 0 unspecified atom stereocenters. The van der Waals surface area contributed by atoms with Gasteiger partial charge in [-0.05, 0) is 12.7 Å². The third kappa shape index (κ3) is 13.4. The number of esters is 2. The molecule has 0 aromatic heterocycles. The van der Waals surface area contributed by atoms with Crippen LogP contribution in [0.25, 0.3) is 0 Å². The largest absolute Gasteiger partial charge is 1.00 e. The fourth-order valence-corrected chi connectivity index (χ4v) is 0.968. The Labute approximate surface area is 142 Å². The van der Waals surface area contributed by atoms with E-state index in [0.29, 0.717) is 11.3 Å². The van der Waals surface area contributed by atoms with Crippen LogP contribution in [0.4, 0.5) is 0 Å². The van der Waals surface area contributed by atoms with Gasteiger partial charge >= 0.3 is 50.0 Å². The first kappa shape index (κ1) is 24.0. The fourth-order valence-electron chi connectivity index (χ4n) is 0.968. The Balaban J connectivity index is -0.000000529. The molecule has 0 bridgehead atoms. The molecule has 0 atom stereocenters. The van der Waals surface area contributed by atoms with Crippen LogP contribution in [0, 0.1) is 18.4 Å². The van der Waals surface area contributed by atoms with Crippen LogP contribution < -0.4 is 4.74 Å². The Morgan fingerprint density at radius 1 is 1.25 bits per heavy atom. The van der Waals surface area contributed by atoms with Crippen LogP contribution in [0.3, 0.4) is 0 Å². The third-order valence-corrected chi connectivity index (χ3v) is 1.48. The molecule has 0 N–H and O–H groups in total. The molecular formula is C12H11ClCuNO4Zn. The van der Waals surface area contributed by atoms with Crippen LogP contribution in [-0.4, -0.2) is 11.9 Å². The maximum Gasteiger partial charge on any atom is 1.00 e. The molecule has 1 aromatic carbocycles. The average Bonchev–Trinajstić information content (AvgIpc) is 2.41. The van der Waals surface area contributed by atoms with E-state index in [9.17, 15) is 9.59 Å². The molecule has 5 nitrogen and oxygen atoms in total. The number of benzene rings is 1. The minimum atomic E-state index is -0.395. The molecule has 0 radical (unpaired) electrons. The quantitative estimate of drug-likeness (QED) is 0.339. The monoisotopic (exact) mass is 395 g/mol. The first-order chi connectivity index (χ1) is 9.08. The van der Waals surface area contributed by atoms with Gasteiger partial charge in [0.2, 0.25) is 0 Å². The molecule has 0 fully saturated rings. The number of hydrogen-bond donors (Lipinski definition) is 0. The summed E-state index contributed by atoms with van der Waals surface area (Å²) < 4.78 is 9.55. The van der Waals surface area contributed by atoms with Crippen LogP contribution in [0.1, 0.15) is 19.4 Å². The molecule has 8 heteroatoms. The maximum atomic E-state index is 10.7. The van der Waals surface area contributed by atoms with E-state index < -0.39 is 5.97 Å². The molecular weight excluding hydrogens is 387 g/mol. The number of hydrogen-bond acceptors (Lipinski definition) is 5. The molecule has 0 spiro atoms. The number of ether oxygens (including phenoxy) is 2. The van der Waals surface area contributed by atoms with E-state index in [0.717, 1.165) is 17.3 Å². The Hall–Kier alpha value is -1.05. The van der Waals surface area contributed by atoms with Crippen molar-refractivity contribution in [2.45, 2.75) is 13.8 Å². The minimum Gasteiger partial charge on any atom is 1.00 e. The first-order valence-corrected chi connectivity index (χ1v) is 8.76. The fraction of sp³-hybridized carbons (Fsp3) is 0.167. The molecule has 0 aliphatic heterocycles. The Morgan fingerprint density at radius 2 is 1.80 bits per heavy atom. The van der Waals surface area contributed by atoms with Gasteiger partial charge in [0.25, 0.3) is 5.97 Å². The van der Waals surface area contributed by atoms with Crippen LogP contribution >= 0.6 is 9.69 Å². The second-order valence-corrected chi connectivity index (χ2v) is 2.89. The van der Waals surface area contributed by atoms with E-state index in [1.165, 1.54) is 20.5 Å². The third-order valence-electron chi connectivity index (χ3n) is 1.48. The second kappa shape index (κ2) is 16.0. The van der Waals surface area contributed by atoms with Crippen molar-refractivity contribution in [2.24, 2.45) is 0 Å². The van der Waals surface area contributed by atoms with Gasteiger partial charge in [0, 0.05) is 13.8 Å². The average molecular weight is 398 g/mol. The number of carbonyl (C=O) groups is 2. The zero-order valence-electron chi connectivity index (χ0n) is 10.9. The standard InChI is InChI=1S/C11H11O4.CN.ClH.Cu.Zn/c1-8(12)14-7-10-4-3-5-11(6-10)15-9(2)13;1-2;;;/h3-7H,1-2H3;;1H;;/q2*-1;;+1;+2/p-1. The predicted octanol–water partition coefficient (Wildman–Crippen LogP) is 2.47. The van der Waals surface area contributed by atoms with Gasteiger partial charge in [-0.2, -0.15) is 11.6 Å². The Kier molecular flexibility index (Phi) is 19.2. The van der Waals surface area contributed by atoms with Gasteiger partial charge in [-0.25, -0.2) is 0 Å². The van der Waals surface area contributed by atoms with Gasteiger partial charge in [-0.3, -0.25) is 9.59 Å². The number of rotatable bonds is 3. The number of nitrogens with zero attached hydrogens (tertiary/aromatic N) is 1. The van der Waals surface area contributed by atoms with Crippen molar-refractivity contribution in [1.29, 1.82) is 5.26 Å². The van der Waals surface area contributed by atoms with Crippen LogP contribution in [0.15, 0.2) is 24.3 Å². The molecule has 0 saturated heterocycles. The molecule has 0 aliphatic rings. The Morgan fingerprint density at radius 3 is 2.25 bits per heavy atom. The summed E-state index contributed by atoms with van der Waals surface area (Å²) in [4.78, 5) is 21.2. The first-order valence-electron chi connectivity index (χ1n) is 4.86. The van der Waals surface area contributed by atoms with Gasteiger partial charge in [0.15, 0.2) is 0 Å². The summed E-state index contributed by atoms with van der Waals surface area (Å²) in [6, 6.07) is 6.68. The summed E-state index contributed by atoms with van der Waals surface area (Å²) in [6.07, 6.45) is 0. The van der Waals surface area contributed by atoms with Crippen molar-refractivity contribution in [1.82, 2.24) is 0 Å². The van der Waals surface area contributed by atoms with Gasteiger partial charge in [0.05, 0.1) is 5.75 Å². The van der Waals surface area contributed by atoms with E-state index in [4.69, 9.17) is 26.3 Å². The number of carbonyl (C=O) groups excluding carboxylic acids is 2. The molecule has 0 heterocycles. The van der Waals surface area contributed by atoms with Crippen molar-refractivity contribution >= 4 is 21.6 Å². The van der Waals surface area contributed by atoms with Gasteiger partial charge in [0.1, 0.15) is 0 Å². The van der Waals surface area contributed by atoms with Crippen molar-refractivity contribution in [2.75, 3.05) is 0 Å². The van der Waals surface area contributed by atoms with Crippen molar-refractivity contribution in [3.63, 3.8) is 0 Å². The maximum absolute atomic E-state index is 10.7. The summed E-state index contributed by atoms with van der Waals surface area (Å²) in [7, 11) is 4.76. The summed E-state index contributed by atoms with van der Waals surface area (Å²) in [6.45, 7) is 8.68. The second-order valence-electron chi connectivity index (χ2n) is 2.89. The molecule has 0 aliphatic carbocycles. The predicted molar refractivity (Wildman–Crippen MR) is 63.7 cm³/mol. The van der Waals surface area contributed by atoms with Gasteiger partial charge in [-0.15, -0.1) is 12.1 Å². The number of halogens is 1. The molecule has 1 aromatic rings. The van der Waals surface area contributed by atoms with E-state index in [-0.39, 0.29) is 23.0 Å². The summed E-state index contributed by atoms with van der Waals surface area (Å²) in [5.74, 6) is -0.365. The molecule has 0 amide bonds. The van der Waals surface area contributed by atoms with Crippen molar-refractivity contribution in [3.05, 3.63) is 43.0 Å². The summed E-state index contributed by atoms with van der Waals surface area (Å²) in [5.41, 5.74) is 0.656.